The molecular formula is C21H24N2O7. The summed E-state index contributed by atoms with van der Waals surface area (Å²) >= 11 is 0. The van der Waals surface area contributed by atoms with Crippen LogP contribution in [0.2, 0.25) is 0 Å². The van der Waals surface area contributed by atoms with Crippen LogP contribution < -0.4 is 24.8 Å². The molecule has 2 rings (SSSR count). The van der Waals surface area contributed by atoms with E-state index in [9.17, 15) is 14.4 Å². The smallest absolute Gasteiger partial charge is 0.325 e. The Kier molecular flexibility index (Phi) is 8.49. The van der Waals surface area contributed by atoms with Gasteiger partial charge in [-0.1, -0.05) is 18.2 Å². The molecule has 0 aliphatic heterocycles. The van der Waals surface area contributed by atoms with Gasteiger partial charge in [0.1, 0.15) is 12.3 Å². The van der Waals surface area contributed by atoms with Gasteiger partial charge < -0.3 is 29.6 Å². The average Bonchev–Trinajstić information content (AvgIpc) is 2.79. The van der Waals surface area contributed by atoms with Gasteiger partial charge in [0.15, 0.2) is 18.1 Å². The Balaban J connectivity index is 1.74. The van der Waals surface area contributed by atoms with Crippen molar-refractivity contribution in [1.29, 1.82) is 0 Å². The van der Waals surface area contributed by atoms with Crippen molar-refractivity contribution in [2.75, 3.05) is 34.5 Å². The van der Waals surface area contributed by atoms with Crippen molar-refractivity contribution in [3.8, 4) is 17.2 Å². The number of methoxy groups -OCH3 is 3. The first-order valence-corrected chi connectivity index (χ1v) is 9.03. The van der Waals surface area contributed by atoms with Crippen LogP contribution in [0.4, 0.5) is 0 Å². The second kappa shape index (κ2) is 11.3. The zero-order valence-electron chi connectivity index (χ0n) is 17.0. The lowest BCUT2D eigenvalue weighted by molar-refractivity contribution is -0.147. The van der Waals surface area contributed by atoms with Crippen molar-refractivity contribution in [2.45, 2.75) is 6.54 Å². The van der Waals surface area contributed by atoms with Crippen LogP contribution >= 0.6 is 0 Å². The predicted octanol–water partition coefficient (Wildman–Crippen LogP) is 1.30. The molecule has 0 saturated carbocycles. The first-order chi connectivity index (χ1) is 14.5. The van der Waals surface area contributed by atoms with Crippen LogP contribution in [0.3, 0.4) is 0 Å². The number of ether oxygens (including phenoxy) is 4. The van der Waals surface area contributed by atoms with Crippen molar-refractivity contribution < 1.29 is 33.3 Å². The number of hydrogen-bond donors (Lipinski definition) is 2. The van der Waals surface area contributed by atoms with Gasteiger partial charge in [-0.2, -0.15) is 0 Å². The summed E-state index contributed by atoms with van der Waals surface area (Å²) in [5, 5.41) is 5.06. The zero-order valence-corrected chi connectivity index (χ0v) is 17.0. The van der Waals surface area contributed by atoms with Crippen molar-refractivity contribution in [3.63, 3.8) is 0 Å². The summed E-state index contributed by atoms with van der Waals surface area (Å²) < 4.78 is 20.3. The average molecular weight is 416 g/mol. The van der Waals surface area contributed by atoms with Crippen LogP contribution in [0.5, 0.6) is 17.2 Å². The SMILES string of the molecule is COc1ccc(CNC(=O)COC(=O)CNC(=O)c2ccccc2OC)cc1OC. The molecule has 0 heterocycles. The van der Waals surface area contributed by atoms with Gasteiger partial charge in [0.2, 0.25) is 0 Å². The Morgan fingerprint density at radius 2 is 1.53 bits per heavy atom. The van der Waals surface area contributed by atoms with Gasteiger partial charge in [0.05, 0.1) is 26.9 Å². The quantitative estimate of drug-likeness (QED) is 0.562. The molecule has 2 aromatic carbocycles. The molecule has 160 valence electrons. The second-order valence-electron chi connectivity index (χ2n) is 6.01. The highest BCUT2D eigenvalue weighted by Gasteiger charge is 2.14. The molecule has 0 fully saturated rings. The molecule has 0 radical (unpaired) electrons. The Morgan fingerprint density at radius 3 is 2.23 bits per heavy atom. The van der Waals surface area contributed by atoms with E-state index in [1.165, 1.54) is 21.3 Å². The summed E-state index contributed by atoms with van der Waals surface area (Å²) in [6.45, 7) is -0.613. The van der Waals surface area contributed by atoms with Gasteiger partial charge in [-0.05, 0) is 29.8 Å². The standard InChI is InChI=1S/C21H24N2O7/c1-27-16-7-5-4-6-15(16)21(26)23-12-20(25)30-13-19(24)22-11-14-8-9-17(28-2)18(10-14)29-3/h4-10H,11-13H2,1-3H3,(H,22,24)(H,23,26). The fraction of sp³-hybridized carbons (Fsp3) is 0.286. The van der Waals surface area contributed by atoms with Crippen LogP contribution in [0.1, 0.15) is 15.9 Å². The lowest BCUT2D eigenvalue weighted by atomic mass is 10.2. The van der Waals surface area contributed by atoms with E-state index < -0.39 is 24.4 Å². The maximum absolute atomic E-state index is 12.1. The Labute approximate surface area is 174 Å². The summed E-state index contributed by atoms with van der Waals surface area (Å²) in [5.74, 6) is -0.188. The molecule has 9 heteroatoms. The third-order valence-corrected chi connectivity index (χ3v) is 4.05. The number of carbonyl (C=O) groups is 3. The minimum Gasteiger partial charge on any atom is -0.496 e. The number of para-hydroxylation sites is 1. The van der Waals surface area contributed by atoms with Gasteiger partial charge in [-0.3, -0.25) is 14.4 Å². The van der Waals surface area contributed by atoms with E-state index in [4.69, 9.17) is 18.9 Å². The molecule has 0 aliphatic carbocycles. The number of rotatable bonds is 10. The molecule has 0 saturated heterocycles. The van der Waals surface area contributed by atoms with Crippen LogP contribution in [-0.2, 0) is 20.9 Å². The molecule has 0 spiro atoms. The van der Waals surface area contributed by atoms with E-state index in [1.807, 2.05) is 0 Å². The number of amides is 2. The molecule has 0 unspecified atom stereocenters. The van der Waals surface area contributed by atoms with E-state index in [-0.39, 0.29) is 13.1 Å². The maximum atomic E-state index is 12.1. The normalized spacial score (nSPS) is 9.97. The molecule has 2 N–H and O–H groups in total. The molecule has 0 bridgehead atoms. The van der Waals surface area contributed by atoms with Gasteiger partial charge in [-0.25, -0.2) is 0 Å². The number of carbonyl (C=O) groups excluding carboxylic acids is 3. The molecule has 2 amide bonds. The monoisotopic (exact) mass is 416 g/mol. The van der Waals surface area contributed by atoms with Crippen LogP contribution in [-0.4, -0.2) is 52.3 Å². The molecule has 0 aliphatic rings. The van der Waals surface area contributed by atoms with E-state index in [0.717, 1.165) is 5.56 Å². The van der Waals surface area contributed by atoms with E-state index >= 15 is 0 Å². The second-order valence-corrected chi connectivity index (χ2v) is 6.01. The lowest BCUT2D eigenvalue weighted by Crippen LogP contribution is -2.33. The molecule has 2 aromatic rings. The first kappa shape index (κ1) is 22.5. The minimum atomic E-state index is -0.737. The fourth-order valence-electron chi connectivity index (χ4n) is 2.52. The zero-order chi connectivity index (χ0) is 21.9. The van der Waals surface area contributed by atoms with Crippen molar-refractivity contribution in [1.82, 2.24) is 10.6 Å². The van der Waals surface area contributed by atoms with Gasteiger partial charge in [0, 0.05) is 6.54 Å². The van der Waals surface area contributed by atoms with Crippen molar-refractivity contribution in [3.05, 3.63) is 53.6 Å². The third-order valence-electron chi connectivity index (χ3n) is 4.05. The van der Waals surface area contributed by atoms with Crippen molar-refractivity contribution >= 4 is 17.8 Å². The third kappa shape index (κ3) is 6.40. The lowest BCUT2D eigenvalue weighted by Gasteiger charge is -2.11. The molecular weight excluding hydrogens is 392 g/mol. The van der Waals surface area contributed by atoms with E-state index in [2.05, 4.69) is 10.6 Å². The largest absolute Gasteiger partial charge is 0.496 e. The topological polar surface area (TPSA) is 112 Å². The summed E-state index contributed by atoms with van der Waals surface area (Å²) in [7, 11) is 4.50. The number of benzene rings is 2. The highest BCUT2D eigenvalue weighted by atomic mass is 16.5. The van der Waals surface area contributed by atoms with Crippen LogP contribution in [0.15, 0.2) is 42.5 Å². The number of esters is 1. The highest BCUT2D eigenvalue weighted by Crippen LogP contribution is 2.27. The minimum absolute atomic E-state index is 0.223. The molecule has 30 heavy (non-hydrogen) atoms. The predicted molar refractivity (Wildman–Crippen MR) is 108 cm³/mol. The van der Waals surface area contributed by atoms with E-state index in [1.54, 1.807) is 42.5 Å². The van der Waals surface area contributed by atoms with Crippen LogP contribution in [0.25, 0.3) is 0 Å². The summed E-state index contributed by atoms with van der Waals surface area (Å²) in [5.41, 5.74) is 1.08. The highest BCUT2D eigenvalue weighted by molar-refractivity contribution is 5.98. The van der Waals surface area contributed by atoms with Gasteiger partial charge in [-0.15, -0.1) is 0 Å². The number of hydrogen-bond acceptors (Lipinski definition) is 7. The van der Waals surface area contributed by atoms with Gasteiger partial charge >= 0.3 is 5.97 Å². The molecule has 0 aromatic heterocycles. The Morgan fingerprint density at radius 1 is 0.833 bits per heavy atom. The fourth-order valence-corrected chi connectivity index (χ4v) is 2.52. The summed E-state index contributed by atoms with van der Waals surface area (Å²) in [6, 6.07) is 11.9. The first-order valence-electron chi connectivity index (χ1n) is 9.03. The molecule has 0 atom stereocenters. The van der Waals surface area contributed by atoms with Crippen molar-refractivity contribution in [2.24, 2.45) is 0 Å². The number of nitrogens with one attached hydrogen (secondary N) is 2. The van der Waals surface area contributed by atoms with Crippen LogP contribution in [0, 0.1) is 0 Å². The summed E-state index contributed by atoms with van der Waals surface area (Å²) in [6.07, 6.45) is 0. The molecule has 9 nitrogen and oxygen atoms in total. The van der Waals surface area contributed by atoms with E-state index in [0.29, 0.717) is 22.8 Å². The maximum Gasteiger partial charge on any atom is 0.325 e. The Hall–Kier alpha value is -3.75. The summed E-state index contributed by atoms with van der Waals surface area (Å²) in [4.78, 5) is 35.8. The van der Waals surface area contributed by atoms with Gasteiger partial charge in [0.25, 0.3) is 11.8 Å². The Bertz CT molecular complexity index is 899.